The second-order valence-corrected chi connectivity index (χ2v) is 4.79. The first-order valence-electron chi connectivity index (χ1n) is 7.13. The van der Waals surface area contributed by atoms with E-state index in [9.17, 15) is 0 Å². The Morgan fingerprint density at radius 1 is 1.20 bits per heavy atom. The van der Waals surface area contributed by atoms with Crippen molar-refractivity contribution in [3.8, 4) is 0 Å². The van der Waals surface area contributed by atoms with Crippen molar-refractivity contribution in [3.63, 3.8) is 0 Å². The monoisotopic (exact) mass is 281 g/mol. The minimum atomic E-state index is 0.0404. The van der Waals surface area contributed by atoms with Gasteiger partial charge < -0.3 is 15.2 Å². The number of nitrogens with zero attached hydrogens (tertiary/aromatic N) is 2. The van der Waals surface area contributed by atoms with Crippen LogP contribution in [0.4, 0.5) is 0 Å². The molecule has 0 aliphatic heterocycles. The molecule has 0 aliphatic rings. The van der Waals surface area contributed by atoms with E-state index in [4.69, 9.17) is 15.2 Å². The molecule has 0 saturated carbocycles. The first-order chi connectivity index (χ1) is 9.74. The SMILES string of the molecule is CCC(N)C(c1ccccn1)N(CCOC)CCOC. The first-order valence-corrected chi connectivity index (χ1v) is 7.13. The summed E-state index contributed by atoms with van der Waals surface area (Å²) in [4.78, 5) is 6.78. The van der Waals surface area contributed by atoms with Gasteiger partial charge in [0.2, 0.25) is 0 Å². The summed E-state index contributed by atoms with van der Waals surface area (Å²) in [5.41, 5.74) is 7.34. The van der Waals surface area contributed by atoms with Gasteiger partial charge in [0.15, 0.2) is 0 Å². The minimum Gasteiger partial charge on any atom is -0.383 e. The van der Waals surface area contributed by atoms with Gasteiger partial charge in [-0.05, 0) is 18.6 Å². The highest BCUT2D eigenvalue weighted by molar-refractivity contribution is 5.11. The molecule has 0 saturated heterocycles. The van der Waals surface area contributed by atoms with Crippen LogP contribution in [0.5, 0.6) is 0 Å². The standard InChI is InChI=1S/C15H27N3O2/c1-4-13(16)15(14-7-5-6-8-17-14)18(9-11-19-2)10-12-20-3/h5-8,13,15H,4,9-12,16H2,1-3H3. The van der Waals surface area contributed by atoms with Crippen LogP contribution in [-0.2, 0) is 9.47 Å². The number of methoxy groups -OCH3 is 2. The lowest BCUT2D eigenvalue weighted by Gasteiger charge is -2.34. The Labute approximate surface area is 122 Å². The summed E-state index contributed by atoms with van der Waals surface area (Å²) in [5, 5.41) is 0. The second-order valence-electron chi connectivity index (χ2n) is 4.79. The van der Waals surface area contributed by atoms with E-state index in [2.05, 4.69) is 16.8 Å². The maximum atomic E-state index is 6.33. The molecule has 1 heterocycles. The van der Waals surface area contributed by atoms with E-state index >= 15 is 0 Å². The molecule has 0 aliphatic carbocycles. The fourth-order valence-corrected chi connectivity index (χ4v) is 2.26. The Morgan fingerprint density at radius 2 is 1.85 bits per heavy atom. The Bertz CT molecular complexity index is 340. The van der Waals surface area contributed by atoms with Crippen molar-refractivity contribution in [2.24, 2.45) is 5.73 Å². The van der Waals surface area contributed by atoms with E-state index in [-0.39, 0.29) is 12.1 Å². The lowest BCUT2D eigenvalue weighted by atomic mass is 10.0. The molecule has 5 nitrogen and oxygen atoms in total. The Balaban J connectivity index is 2.91. The average molecular weight is 281 g/mol. The zero-order chi connectivity index (χ0) is 14.8. The highest BCUT2D eigenvalue weighted by Gasteiger charge is 2.26. The van der Waals surface area contributed by atoms with Crippen LogP contribution in [0, 0.1) is 0 Å². The van der Waals surface area contributed by atoms with Crippen molar-refractivity contribution in [1.29, 1.82) is 0 Å². The van der Waals surface area contributed by atoms with Crippen LogP contribution < -0.4 is 5.73 Å². The van der Waals surface area contributed by atoms with Crippen molar-refractivity contribution < 1.29 is 9.47 Å². The predicted octanol–water partition coefficient (Wildman–Crippen LogP) is 1.45. The third kappa shape index (κ3) is 5.17. The van der Waals surface area contributed by atoms with E-state index in [1.165, 1.54) is 0 Å². The van der Waals surface area contributed by atoms with Gasteiger partial charge in [-0.15, -0.1) is 0 Å². The molecule has 20 heavy (non-hydrogen) atoms. The highest BCUT2D eigenvalue weighted by Crippen LogP contribution is 2.23. The fourth-order valence-electron chi connectivity index (χ4n) is 2.26. The van der Waals surface area contributed by atoms with Crippen LogP contribution in [-0.4, -0.2) is 56.4 Å². The molecule has 0 bridgehead atoms. The molecule has 2 unspecified atom stereocenters. The largest absolute Gasteiger partial charge is 0.383 e. The maximum Gasteiger partial charge on any atom is 0.0675 e. The molecule has 0 radical (unpaired) electrons. The number of pyridine rings is 1. The fraction of sp³-hybridized carbons (Fsp3) is 0.667. The highest BCUT2D eigenvalue weighted by atomic mass is 16.5. The van der Waals surface area contributed by atoms with Crippen molar-refractivity contribution in [2.45, 2.75) is 25.4 Å². The van der Waals surface area contributed by atoms with Gasteiger partial charge in [0.05, 0.1) is 24.9 Å². The summed E-state index contributed by atoms with van der Waals surface area (Å²) in [6.07, 6.45) is 2.72. The first kappa shape index (κ1) is 17.0. The lowest BCUT2D eigenvalue weighted by Crippen LogP contribution is -2.44. The van der Waals surface area contributed by atoms with Gasteiger partial charge >= 0.3 is 0 Å². The molecule has 1 aromatic rings. The topological polar surface area (TPSA) is 60.6 Å². The number of ether oxygens (including phenoxy) is 2. The van der Waals surface area contributed by atoms with Crippen LogP contribution in [0.25, 0.3) is 0 Å². The molecule has 1 aromatic heterocycles. The Hall–Kier alpha value is -1.01. The third-order valence-electron chi connectivity index (χ3n) is 3.43. The molecule has 0 aromatic carbocycles. The Kier molecular flexibility index (Phi) is 8.37. The number of rotatable bonds is 10. The van der Waals surface area contributed by atoms with Crippen molar-refractivity contribution in [1.82, 2.24) is 9.88 Å². The molecule has 1 rings (SSSR count). The number of hydrogen-bond acceptors (Lipinski definition) is 5. The van der Waals surface area contributed by atoms with Crippen LogP contribution in [0.1, 0.15) is 25.1 Å². The zero-order valence-electron chi connectivity index (χ0n) is 12.8. The average Bonchev–Trinajstić information content (AvgIpc) is 2.50. The van der Waals surface area contributed by atoms with E-state index in [1.54, 1.807) is 14.2 Å². The number of aromatic nitrogens is 1. The quantitative estimate of drug-likeness (QED) is 0.703. The van der Waals surface area contributed by atoms with Gasteiger partial charge in [0.1, 0.15) is 0 Å². The summed E-state index contributed by atoms with van der Waals surface area (Å²) >= 11 is 0. The molecule has 0 amide bonds. The van der Waals surface area contributed by atoms with E-state index < -0.39 is 0 Å². The smallest absolute Gasteiger partial charge is 0.0675 e. The van der Waals surface area contributed by atoms with Crippen LogP contribution >= 0.6 is 0 Å². The van der Waals surface area contributed by atoms with E-state index in [1.807, 2.05) is 24.4 Å². The minimum absolute atomic E-state index is 0.0404. The van der Waals surface area contributed by atoms with Gasteiger partial charge in [-0.2, -0.15) is 0 Å². The molecular formula is C15H27N3O2. The van der Waals surface area contributed by atoms with Gasteiger partial charge in [-0.1, -0.05) is 13.0 Å². The van der Waals surface area contributed by atoms with Crippen LogP contribution in [0.3, 0.4) is 0 Å². The van der Waals surface area contributed by atoms with Crippen molar-refractivity contribution in [2.75, 3.05) is 40.5 Å². The number of hydrogen-bond donors (Lipinski definition) is 1. The second kappa shape index (κ2) is 9.83. The molecule has 0 spiro atoms. The zero-order valence-corrected chi connectivity index (χ0v) is 12.8. The predicted molar refractivity (Wildman–Crippen MR) is 80.6 cm³/mol. The summed E-state index contributed by atoms with van der Waals surface area (Å²) in [7, 11) is 3.42. The molecule has 114 valence electrons. The van der Waals surface area contributed by atoms with E-state index in [0.717, 1.165) is 25.2 Å². The van der Waals surface area contributed by atoms with Gasteiger partial charge in [-0.25, -0.2) is 0 Å². The summed E-state index contributed by atoms with van der Waals surface area (Å²) in [6, 6.07) is 6.09. The normalized spacial score (nSPS) is 14.4. The molecule has 2 atom stereocenters. The van der Waals surface area contributed by atoms with Crippen molar-refractivity contribution in [3.05, 3.63) is 30.1 Å². The van der Waals surface area contributed by atoms with Gasteiger partial charge in [0, 0.05) is 39.5 Å². The summed E-state index contributed by atoms with van der Waals surface area (Å²) < 4.78 is 10.4. The number of nitrogens with two attached hydrogens (primary N) is 1. The summed E-state index contributed by atoms with van der Waals surface area (Å²) in [5.74, 6) is 0. The van der Waals surface area contributed by atoms with Crippen molar-refractivity contribution >= 4 is 0 Å². The lowest BCUT2D eigenvalue weighted by molar-refractivity contribution is 0.0761. The maximum absolute atomic E-state index is 6.33. The van der Waals surface area contributed by atoms with Gasteiger partial charge in [-0.3, -0.25) is 9.88 Å². The third-order valence-corrected chi connectivity index (χ3v) is 3.43. The van der Waals surface area contributed by atoms with E-state index in [0.29, 0.717) is 13.2 Å². The molecule has 2 N–H and O–H groups in total. The van der Waals surface area contributed by atoms with Gasteiger partial charge in [0.25, 0.3) is 0 Å². The van der Waals surface area contributed by atoms with Crippen LogP contribution in [0.2, 0.25) is 0 Å². The molecular weight excluding hydrogens is 254 g/mol. The van der Waals surface area contributed by atoms with Crippen LogP contribution in [0.15, 0.2) is 24.4 Å². The summed E-state index contributed by atoms with van der Waals surface area (Å²) in [6.45, 7) is 5.07. The molecule has 0 fully saturated rings. The molecule has 5 heteroatoms. The Morgan fingerprint density at radius 3 is 2.30 bits per heavy atom.